The minimum Gasteiger partial charge on any atom is -0.492 e. The molecule has 8 nitrogen and oxygen atoms in total. The summed E-state index contributed by atoms with van der Waals surface area (Å²) in [5.74, 6) is 0.210. The highest BCUT2D eigenvalue weighted by molar-refractivity contribution is 7.90. The van der Waals surface area contributed by atoms with Crippen LogP contribution in [0.4, 0.5) is 5.69 Å². The molecule has 0 saturated heterocycles. The van der Waals surface area contributed by atoms with E-state index in [4.69, 9.17) is 4.74 Å². The average Bonchev–Trinajstić information content (AvgIpc) is 3.15. The molecular weight excluding hydrogens is 380 g/mol. The fourth-order valence-electron chi connectivity index (χ4n) is 2.54. The predicted octanol–water partition coefficient (Wildman–Crippen LogP) is 2.32. The van der Waals surface area contributed by atoms with E-state index in [0.717, 1.165) is 6.26 Å². The number of sulfone groups is 1. The van der Waals surface area contributed by atoms with Gasteiger partial charge in [0.2, 0.25) is 0 Å². The number of nitrogens with one attached hydrogen (secondary N) is 1. The number of anilines is 1. The lowest BCUT2D eigenvalue weighted by Gasteiger charge is -2.11. The Hall–Kier alpha value is -3.20. The quantitative estimate of drug-likeness (QED) is 0.653. The summed E-state index contributed by atoms with van der Waals surface area (Å²) in [5.41, 5.74) is 1.54. The zero-order valence-corrected chi connectivity index (χ0v) is 16.3. The summed E-state index contributed by atoms with van der Waals surface area (Å²) in [5, 5.41) is 6.78. The molecule has 0 aliphatic rings. The van der Waals surface area contributed by atoms with Crippen LogP contribution >= 0.6 is 0 Å². The van der Waals surface area contributed by atoms with Gasteiger partial charge < -0.3 is 10.1 Å². The number of carbonyl (C=O) groups excluding carboxylic acids is 1. The predicted molar refractivity (Wildman–Crippen MR) is 104 cm³/mol. The van der Waals surface area contributed by atoms with Crippen LogP contribution in [-0.4, -0.2) is 42.0 Å². The third-order valence-corrected chi connectivity index (χ3v) is 5.14. The first kappa shape index (κ1) is 19.6. The molecule has 1 amide bonds. The topological polar surface area (TPSA) is 103 Å². The molecule has 0 aliphatic carbocycles. The van der Waals surface area contributed by atoms with Crippen LogP contribution in [0.5, 0.6) is 5.75 Å². The van der Waals surface area contributed by atoms with Crippen molar-refractivity contribution in [1.82, 2.24) is 14.8 Å². The van der Waals surface area contributed by atoms with E-state index in [0.29, 0.717) is 35.7 Å². The van der Waals surface area contributed by atoms with Crippen molar-refractivity contribution in [2.45, 2.75) is 18.4 Å². The van der Waals surface area contributed by atoms with Gasteiger partial charge in [-0.25, -0.2) is 18.1 Å². The maximum Gasteiger partial charge on any atom is 0.255 e. The van der Waals surface area contributed by atoms with Crippen LogP contribution in [0.15, 0.2) is 60.0 Å². The molecule has 0 fully saturated rings. The van der Waals surface area contributed by atoms with Gasteiger partial charge in [0.1, 0.15) is 25.0 Å². The average molecular weight is 400 g/mol. The minimum absolute atomic E-state index is 0.105. The van der Waals surface area contributed by atoms with Crippen molar-refractivity contribution in [2.75, 3.05) is 18.2 Å². The monoisotopic (exact) mass is 400 g/mol. The Labute approximate surface area is 163 Å². The molecule has 0 spiro atoms. The summed E-state index contributed by atoms with van der Waals surface area (Å²) in [7, 11) is -3.40. The fourth-order valence-corrected chi connectivity index (χ4v) is 3.19. The van der Waals surface area contributed by atoms with Gasteiger partial charge in [-0.3, -0.25) is 4.79 Å². The molecule has 0 atom stereocenters. The molecule has 0 unspecified atom stereocenters. The zero-order valence-electron chi connectivity index (χ0n) is 15.5. The number of carbonyl (C=O) groups is 1. The van der Waals surface area contributed by atoms with Gasteiger partial charge in [-0.05, 0) is 36.8 Å². The molecule has 1 heterocycles. The molecule has 0 saturated carbocycles. The van der Waals surface area contributed by atoms with Gasteiger partial charge in [-0.15, -0.1) is 0 Å². The highest BCUT2D eigenvalue weighted by Gasteiger charge is 2.15. The van der Waals surface area contributed by atoms with Gasteiger partial charge >= 0.3 is 0 Å². The maximum atomic E-state index is 12.6. The molecule has 2 aromatic carbocycles. The summed E-state index contributed by atoms with van der Waals surface area (Å²) in [6.45, 7) is 2.70. The Bertz CT molecular complexity index is 1080. The normalized spacial score (nSPS) is 11.2. The Morgan fingerprint density at radius 3 is 2.75 bits per heavy atom. The Kier molecular flexibility index (Phi) is 5.74. The van der Waals surface area contributed by atoms with Gasteiger partial charge in [-0.1, -0.05) is 12.1 Å². The number of rotatable bonds is 7. The smallest absolute Gasteiger partial charge is 0.255 e. The van der Waals surface area contributed by atoms with E-state index in [-0.39, 0.29) is 10.8 Å². The number of aryl methyl sites for hydroxylation is 1. The number of amides is 1. The van der Waals surface area contributed by atoms with E-state index in [1.807, 2.05) is 0 Å². The Balaban J connectivity index is 1.69. The zero-order chi connectivity index (χ0) is 20.1. The molecule has 146 valence electrons. The van der Waals surface area contributed by atoms with Crippen LogP contribution in [0.3, 0.4) is 0 Å². The van der Waals surface area contributed by atoms with Crippen molar-refractivity contribution in [2.24, 2.45) is 0 Å². The maximum absolute atomic E-state index is 12.6. The second-order valence-corrected chi connectivity index (χ2v) is 8.25. The largest absolute Gasteiger partial charge is 0.492 e. The molecule has 28 heavy (non-hydrogen) atoms. The summed E-state index contributed by atoms with van der Waals surface area (Å²) in [6, 6.07) is 11.5. The van der Waals surface area contributed by atoms with E-state index < -0.39 is 9.84 Å². The second kappa shape index (κ2) is 8.22. The Morgan fingerprint density at radius 2 is 2.04 bits per heavy atom. The molecule has 1 aromatic heterocycles. The number of aromatic nitrogens is 3. The molecule has 9 heteroatoms. The van der Waals surface area contributed by atoms with E-state index in [9.17, 15) is 13.2 Å². The third kappa shape index (κ3) is 4.95. The molecular formula is C19H20N4O4S. The van der Waals surface area contributed by atoms with Crippen LogP contribution in [0.2, 0.25) is 0 Å². The highest BCUT2D eigenvalue weighted by atomic mass is 32.2. The van der Waals surface area contributed by atoms with Crippen LogP contribution in [-0.2, 0) is 16.4 Å². The van der Waals surface area contributed by atoms with Crippen molar-refractivity contribution in [3.05, 3.63) is 66.2 Å². The standard InChI is InChI=1S/C19H20N4O4S/c1-14-6-7-17(28(2,25)26)11-18(14)19(24)22-15-4-3-5-16(10-15)27-9-8-23-13-20-12-21-23/h3-7,10-13H,8-9H2,1-2H3,(H,22,24). The van der Waals surface area contributed by atoms with E-state index in [1.54, 1.807) is 48.3 Å². The van der Waals surface area contributed by atoms with E-state index >= 15 is 0 Å². The molecule has 3 rings (SSSR count). The van der Waals surface area contributed by atoms with Gasteiger partial charge in [0.25, 0.3) is 5.91 Å². The van der Waals surface area contributed by atoms with Crippen molar-refractivity contribution in [3.63, 3.8) is 0 Å². The summed E-state index contributed by atoms with van der Waals surface area (Å²) in [4.78, 5) is 16.6. The summed E-state index contributed by atoms with van der Waals surface area (Å²) in [6.07, 6.45) is 4.17. The second-order valence-electron chi connectivity index (χ2n) is 6.24. The fraction of sp³-hybridized carbons (Fsp3) is 0.211. The number of benzene rings is 2. The lowest BCUT2D eigenvalue weighted by molar-refractivity contribution is 0.102. The first-order chi connectivity index (χ1) is 13.3. The van der Waals surface area contributed by atoms with Crippen molar-refractivity contribution in [3.8, 4) is 5.75 Å². The van der Waals surface area contributed by atoms with Gasteiger partial charge in [-0.2, -0.15) is 5.10 Å². The summed E-state index contributed by atoms with van der Waals surface area (Å²) < 4.78 is 30.8. The molecule has 1 N–H and O–H groups in total. The number of hydrogen-bond acceptors (Lipinski definition) is 6. The molecule has 0 radical (unpaired) electrons. The van der Waals surface area contributed by atoms with Crippen molar-refractivity contribution < 1.29 is 17.9 Å². The third-order valence-electron chi connectivity index (χ3n) is 4.03. The number of nitrogens with zero attached hydrogens (tertiary/aromatic N) is 3. The molecule has 0 bridgehead atoms. The van der Waals surface area contributed by atoms with Crippen LogP contribution in [0, 0.1) is 6.92 Å². The SMILES string of the molecule is Cc1ccc(S(C)(=O)=O)cc1C(=O)Nc1cccc(OCCn2cncn2)c1. The van der Waals surface area contributed by atoms with Crippen LogP contribution in [0.25, 0.3) is 0 Å². The first-order valence-corrected chi connectivity index (χ1v) is 10.4. The lowest BCUT2D eigenvalue weighted by atomic mass is 10.1. The van der Waals surface area contributed by atoms with Crippen molar-refractivity contribution in [1.29, 1.82) is 0 Å². The summed E-state index contributed by atoms with van der Waals surface area (Å²) >= 11 is 0. The van der Waals surface area contributed by atoms with Gasteiger partial charge in [0.05, 0.1) is 11.4 Å². The number of hydrogen-bond donors (Lipinski definition) is 1. The first-order valence-electron chi connectivity index (χ1n) is 8.50. The van der Waals surface area contributed by atoms with Crippen LogP contribution < -0.4 is 10.1 Å². The minimum atomic E-state index is -3.40. The lowest BCUT2D eigenvalue weighted by Crippen LogP contribution is -2.14. The van der Waals surface area contributed by atoms with E-state index in [1.165, 1.54) is 18.5 Å². The number of ether oxygens (including phenoxy) is 1. The molecule has 3 aromatic rings. The van der Waals surface area contributed by atoms with Gasteiger partial charge in [0.15, 0.2) is 9.84 Å². The van der Waals surface area contributed by atoms with E-state index in [2.05, 4.69) is 15.4 Å². The van der Waals surface area contributed by atoms with Gasteiger partial charge in [0, 0.05) is 23.6 Å². The van der Waals surface area contributed by atoms with Crippen molar-refractivity contribution >= 4 is 21.4 Å². The highest BCUT2D eigenvalue weighted by Crippen LogP contribution is 2.20. The molecule has 0 aliphatic heterocycles. The van der Waals surface area contributed by atoms with Crippen LogP contribution in [0.1, 0.15) is 15.9 Å². The Morgan fingerprint density at radius 1 is 1.21 bits per heavy atom.